The van der Waals surface area contributed by atoms with Gasteiger partial charge in [-0.2, -0.15) is 0 Å². The second kappa shape index (κ2) is 9.38. The molecule has 2 rings (SSSR count). The minimum absolute atomic E-state index is 0.141. The molecule has 0 bridgehead atoms. The molecule has 26 heavy (non-hydrogen) atoms. The molecule has 2 aromatic rings. The fraction of sp³-hybridized carbons (Fsp3) is 0.350. The van der Waals surface area contributed by atoms with Gasteiger partial charge >= 0.3 is 0 Å². The Morgan fingerprint density at radius 1 is 1.08 bits per heavy atom. The summed E-state index contributed by atoms with van der Waals surface area (Å²) in [6.07, 6.45) is 5.77. The van der Waals surface area contributed by atoms with E-state index in [9.17, 15) is 13.2 Å². The molecule has 0 aliphatic heterocycles. The topological polar surface area (TPSA) is 72.5 Å². The summed E-state index contributed by atoms with van der Waals surface area (Å²) in [7, 11) is -3.31. The van der Waals surface area contributed by atoms with Gasteiger partial charge in [-0.3, -0.25) is 4.79 Å². The molecule has 0 saturated heterocycles. The van der Waals surface area contributed by atoms with Crippen molar-refractivity contribution < 1.29 is 17.9 Å². The third-order valence-electron chi connectivity index (χ3n) is 3.91. The number of anilines is 1. The second-order valence-corrected chi connectivity index (χ2v) is 8.25. The van der Waals surface area contributed by atoms with E-state index in [1.54, 1.807) is 12.1 Å². The van der Waals surface area contributed by atoms with Crippen LogP contribution in [0.4, 0.5) is 5.69 Å². The normalized spacial score (nSPS) is 11.2. The van der Waals surface area contributed by atoms with E-state index in [0.29, 0.717) is 11.4 Å². The van der Waals surface area contributed by atoms with Crippen molar-refractivity contribution in [3.8, 4) is 5.75 Å². The molecule has 0 heterocycles. The second-order valence-electron chi connectivity index (χ2n) is 6.24. The van der Waals surface area contributed by atoms with Crippen molar-refractivity contribution in [1.29, 1.82) is 0 Å². The van der Waals surface area contributed by atoms with Crippen molar-refractivity contribution in [1.82, 2.24) is 0 Å². The van der Waals surface area contributed by atoms with Gasteiger partial charge in [-0.1, -0.05) is 38.0 Å². The summed E-state index contributed by atoms with van der Waals surface area (Å²) in [4.78, 5) is 12.2. The molecule has 1 amide bonds. The van der Waals surface area contributed by atoms with Gasteiger partial charge in [0.25, 0.3) is 5.91 Å². The van der Waals surface area contributed by atoms with Gasteiger partial charge in [0.05, 0.1) is 4.90 Å². The average molecular weight is 375 g/mol. The molecule has 0 saturated carbocycles. The summed E-state index contributed by atoms with van der Waals surface area (Å²) in [5.41, 5.74) is 1.68. The van der Waals surface area contributed by atoms with Crippen LogP contribution >= 0.6 is 0 Å². The van der Waals surface area contributed by atoms with Crippen LogP contribution in [-0.4, -0.2) is 27.2 Å². The Labute approximate surface area is 155 Å². The monoisotopic (exact) mass is 375 g/mol. The van der Waals surface area contributed by atoms with Crippen molar-refractivity contribution in [3.05, 3.63) is 54.1 Å². The highest BCUT2D eigenvalue weighted by Gasteiger charge is 2.09. The number of sulfone groups is 1. The van der Waals surface area contributed by atoms with Gasteiger partial charge in [-0.25, -0.2) is 8.42 Å². The van der Waals surface area contributed by atoms with E-state index in [1.807, 2.05) is 24.3 Å². The van der Waals surface area contributed by atoms with Gasteiger partial charge in [-0.15, -0.1) is 0 Å². The average Bonchev–Trinajstić information content (AvgIpc) is 2.61. The lowest BCUT2D eigenvalue weighted by Gasteiger charge is -2.09. The van der Waals surface area contributed by atoms with Crippen LogP contribution in [0.1, 0.15) is 31.7 Å². The molecular formula is C20H25NO4S. The Morgan fingerprint density at radius 2 is 1.81 bits per heavy atom. The van der Waals surface area contributed by atoms with Gasteiger partial charge in [0.2, 0.25) is 0 Å². The van der Waals surface area contributed by atoms with E-state index >= 15 is 0 Å². The highest BCUT2D eigenvalue weighted by atomic mass is 32.2. The minimum Gasteiger partial charge on any atom is -0.484 e. The summed E-state index contributed by atoms with van der Waals surface area (Å²) in [6, 6.07) is 13.9. The Bertz CT molecular complexity index is 829. The third-order valence-corrected chi connectivity index (χ3v) is 5.02. The van der Waals surface area contributed by atoms with Crippen LogP contribution in [0.3, 0.4) is 0 Å². The third kappa shape index (κ3) is 6.52. The molecule has 0 unspecified atom stereocenters. The SMILES string of the molecule is CCCCCc1ccc(OCC(=O)Nc2cccc(S(C)(=O)=O)c2)cc1. The molecule has 6 heteroatoms. The molecule has 1 N–H and O–H groups in total. The van der Waals surface area contributed by atoms with E-state index in [4.69, 9.17) is 4.74 Å². The lowest BCUT2D eigenvalue weighted by atomic mass is 10.1. The number of carbonyl (C=O) groups excluding carboxylic acids is 1. The van der Waals surface area contributed by atoms with E-state index in [1.165, 1.54) is 37.0 Å². The quantitative estimate of drug-likeness (QED) is 0.676. The summed E-state index contributed by atoms with van der Waals surface area (Å²) in [6.45, 7) is 2.04. The predicted octanol–water partition coefficient (Wildman–Crippen LogP) is 3.84. The van der Waals surface area contributed by atoms with Gasteiger partial charge in [0.15, 0.2) is 16.4 Å². The van der Waals surface area contributed by atoms with Crippen LogP contribution in [-0.2, 0) is 21.1 Å². The molecular weight excluding hydrogens is 350 g/mol. The maximum atomic E-state index is 12.0. The molecule has 0 aliphatic carbocycles. The number of hydrogen-bond acceptors (Lipinski definition) is 4. The van der Waals surface area contributed by atoms with Crippen LogP contribution in [0.15, 0.2) is 53.4 Å². The largest absolute Gasteiger partial charge is 0.484 e. The maximum absolute atomic E-state index is 12.0. The number of ether oxygens (including phenoxy) is 1. The molecule has 0 aliphatic rings. The Balaban J connectivity index is 1.85. The van der Waals surface area contributed by atoms with E-state index < -0.39 is 9.84 Å². The first-order valence-corrected chi connectivity index (χ1v) is 10.6. The van der Waals surface area contributed by atoms with Gasteiger partial charge in [0, 0.05) is 11.9 Å². The van der Waals surface area contributed by atoms with Crippen LogP contribution in [0, 0.1) is 0 Å². The molecule has 5 nitrogen and oxygen atoms in total. The summed E-state index contributed by atoms with van der Waals surface area (Å²) < 4.78 is 28.6. The lowest BCUT2D eigenvalue weighted by molar-refractivity contribution is -0.118. The zero-order valence-corrected chi connectivity index (χ0v) is 16.0. The van der Waals surface area contributed by atoms with E-state index in [0.717, 1.165) is 12.7 Å². The molecule has 0 fully saturated rings. The lowest BCUT2D eigenvalue weighted by Crippen LogP contribution is -2.20. The summed E-state index contributed by atoms with van der Waals surface area (Å²) in [5.74, 6) is 0.284. The standard InChI is InChI=1S/C20H25NO4S/c1-3-4-5-7-16-10-12-18(13-11-16)25-15-20(22)21-17-8-6-9-19(14-17)26(2,23)24/h6,8-14H,3-5,7,15H2,1-2H3,(H,21,22). The fourth-order valence-corrected chi connectivity index (χ4v) is 3.15. The van der Waals surface area contributed by atoms with Crippen LogP contribution in [0.5, 0.6) is 5.75 Å². The highest BCUT2D eigenvalue weighted by Crippen LogP contribution is 2.16. The first-order chi connectivity index (χ1) is 12.4. The van der Waals surface area contributed by atoms with Crippen molar-refractivity contribution in [3.63, 3.8) is 0 Å². The molecule has 140 valence electrons. The number of unbranched alkanes of at least 4 members (excludes halogenated alkanes) is 2. The number of amides is 1. The van der Waals surface area contributed by atoms with Crippen LogP contribution in [0.25, 0.3) is 0 Å². The number of rotatable bonds is 9. The summed E-state index contributed by atoms with van der Waals surface area (Å²) in [5, 5.41) is 2.64. The number of carbonyl (C=O) groups is 1. The molecule has 2 aromatic carbocycles. The molecule has 0 atom stereocenters. The van der Waals surface area contributed by atoms with Crippen LogP contribution < -0.4 is 10.1 Å². The van der Waals surface area contributed by atoms with Gasteiger partial charge < -0.3 is 10.1 Å². The Hall–Kier alpha value is -2.34. The number of nitrogens with one attached hydrogen (secondary N) is 1. The zero-order chi connectivity index (χ0) is 19.0. The highest BCUT2D eigenvalue weighted by molar-refractivity contribution is 7.90. The summed E-state index contributed by atoms with van der Waals surface area (Å²) >= 11 is 0. The van der Waals surface area contributed by atoms with Crippen molar-refractivity contribution in [2.75, 3.05) is 18.2 Å². The van der Waals surface area contributed by atoms with Crippen LogP contribution in [0.2, 0.25) is 0 Å². The van der Waals surface area contributed by atoms with E-state index in [-0.39, 0.29) is 17.4 Å². The predicted molar refractivity (Wildman–Crippen MR) is 103 cm³/mol. The maximum Gasteiger partial charge on any atom is 0.262 e. The molecule has 0 radical (unpaired) electrons. The van der Waals surface area contributed by atoms with Crippen molar-refractivity contribution in [2.24, 2.45) is 0 Å². The number of benzene rings is 2. The first-order valence-electron chi connectivity index (χ1n) is 8.70. The fourth-order valence-electron chi connectivity index (χ4n) is 2.48. The molecule has 0 spiro atoms. The Kier molecular flexibility index (Phi) is 7.21. The van der Waals surface area contributed by atoms with Crippen molar-refractivity contribution in [2.45, 2.75) is 37.5 Å². The number of hydrogen-bond donors (Lipinski definition) is 1. The van der Waals surface area contributed by atoms with Gasteiger partial charge in [-0.05, 0) is 48.7 Å². The minimum atomic E-state index is -3.31. The molecule has 0 aromatic heterocycles. The first kappa shape index (κ1) is 20.0. The number of aryl methyl sites for hydroxylation is 1. The Morgan fingerprint density at radius 3 is 2.46 bits per heavy atom. The zero-order valence-electron chi connectivity index (χ0n) is 15.2. The van der Waals surface area contributed by atoms with Crippen molar-refractivity contribution >= 4 is 21.4 Å². The van der Waals surface area contributed by atoms with Gasteiger partial charge in [0.1, 0.15) is 5.75 Å². The smallest absolute Gasteiger partial charge is 0.262 e. The van der Waals surface area contributed by atoms with E-state index in [2.05, 4.69) is 12.2 Å².